The molecule has 0 amide bonds. The van der Waals surface area contributed by atoms with E-state index in [4.69, 9.17) is 18.6 Å². The quantitative estimate of drug-likeness (QED) is 0.592. The molecule has 0 aromatic carbocycles. The second-order valence-electron chi connectivity index (χ2n) is 8.23. The van der Waals surface area contributed by atoms with Gasteiger partial charge in [0.15, 0.2) is 0 Å². The first-order valence-electron chi connectivity index (χ1n) is 7.79. The summed E-state index contributed by atoms with van der Waals surface area (Å²) in [5.74, 6) is 0. The average molecular weight is 306 g/mol. The Labute approximate surface area is 135 Å². The van der Waals surface area contributed by atoms with Crippen molar-refractivity contribution in [1.82, 2.24) is 0 Å². The van der Waals surface area contributed by atoms with E-state index in [0.717, 1.165) is 0 Å². The Bertz CT molecular complexity index is 430. The van der Waals surface area contributed by atoms with E-state index in [1.807, 2.05) is 55.4 Å². The van der Waals surface area contributed by atoms with Crippen LogP contribution in [0.5, 0.6) is 0 Å². The molecule has 6 heteroatoms. The van der Waals surface area contributed by atoms with Gasteiger partial charge in [0.05, 0.1) is 22.4 Å². The van der Waals surface area contributed by atoms with E-state index in [0.29, 0.717) is 10.9 Å². The van der Waals surface area contributed by atoms with Gasteiger partial charge in [-0.15, -0.1) is 0 Å². The smallest absolute Gasteiger partial charge is 0.399 e. The molecule has 2 aliphatic heterocycles. The predicted molar refractivity (Wildman–Crippen MR) is 90.4 cm³/mol. The zero-order valence-corrected chi connectivity index (χ0v) is 15.2. The maximum absolute atomic E-state index is 6.02. The van der Waals surface area contributed by atoms with Gasteiger partial charge < -0.3 is 18.6 Å². The molecule has 4 nitrogen and oxygen atoms in total. The monoisotopic (exact) mass is 306 g/mol. The van der Waals surface area contributed by atoms with E-state index in [9.17, 15) is 0 Å². The summed E-state index contributed by atoms with van der Waals surface area (Å²) >= 11 is 0. The van der Waals surface area contributed by atoms with Crippen molar-refractivity contribution in [2.24, 2.45) is 0 Å². The van der Waals surface area contributed by atoms with E-state index in [1.54, 1.807) is 0 Å². The molecule has 2 saturated heterocycles. The summed E-state index contributed by atoms with van der Waals surface area (Å²) in [7, 11) is -1.06. The van der Waals surface area contributed by atoms with Gasteiger partial charge in [-0.25, -0.2) is 0 Å². The van der Waals surface area contributed by atoms with E-state index in [1.165, 1.54) is 0 Å². The SMILES string of the molecule is C=C(B1OC(C)(C)C(C)(C)O1)C(=C)B1OC(C)(C)C(C)(C)O1. The summed E-state index contributed by atoms with van der Waals surface area (Å²) in [6.07, 6.45) is 0. The second-order valence-corrected chi connectivity index (χ2v) is 8.23. The van der Waals surface area contributed by atoms with E-state index >= 15 is 0 Å². The van der Waals surface area contributed by atoms with Crippen molar-refractivity contribution in [3.8, 4) is 0 Å². The first-order chi connectivity index (χ1) is 9.70. The average Bonchev–Trinajstić information content (AvgIpc) is 2.67. The second kappa shape index (κ2) is 4.97. The lowest BCUT2D eigenvalue weighted by molar-refractivity contribution is 0.00578. The lowest BCUT2D eigenvalue weighted by Gasteiger charge is -2.32. The third-order valence-corrected chi connectivity index (χ3v) is 5.49. The zero-order chi connectivity index (χ0) is 17.1. The summed E-state index contributed by atoms with van der Waals surface area (Å²) in [4.78, 5) is 0. The van der Waals surface area contributed by atoms with Crippen LogP contribution in [0, 0.1) is 0 Å². The van der Waals surface area contributed by atoms with Crippen molar-refractivity contribution in [2.75, 3.05) is 0 Å². The molecule has 2 heterocycles. The molecule has 0 aromatic heterocycles. The molecule has 0 bridgehead atoms. The van der Waals surface area contributed by atoms with E-state index in [2.05, 4.69) is 13.2 Å². The van der Waals surface area contributed by atoms with Gasteiger partial charge in [0, 0.05) is 0 Å². The minimum Gasteiger partial charge on any atom is -0.399 e. The molecule has 0 atom stereocenters. The summed E-state index contributed by atoms with van der Waals surface area (Å²) in [5, 5.41) is 0. The largest absolute Gasteiger partial charge is 0.493 e. The molecule has 2 fully saturated rings. The minimum atomic E-state index is -0.531. The van der Waals surface area contributed by atoms with Crippen LogP contribution in [0.2, 0.25) is 0 Å². The highest BCUT2D eigenvalue weighted by Crippen LogP contribution is 2.42. The molecule has 0 unspecified atom stereocenters. The lowest BCUT2D eigenvalue weighted by atomic mass is 9.63. The van der Waals surface area contributed by atoms with Gasteiger partial charge in [0.2, 0.25) is 0 Å². The molecule has 0 aromatic rings. The molecule has 0 aliphatic carbocycles. The van der Waals surface area contributed by atoms with Gasteiger partial charge in [-0.2, -0.15) is 0 Å². The molecular weight excluding hydrogens is 278 g/mol. The van der Waals surface area contributed by atoms with Crippen LogP contribution in [0.15, 0.2) is 24.1 Å². The molecule has 0 N–H and O–H groups in total. The van der Waals surface area contributed by atoms with Gasteiger partial charge in [0.1, 0.15) is 0 Å². The van der Waals surface area contributed by atoms with Gasteiger partial charge >= 0.3 is 14.2 Å². The molecule has 2 rings (SSSR count). The van der Waals surface area contributed by atoms with Gasteiger partial charge in [0.25, 0.3) is 0 Å². The first-order valence-corrected chi connectivity index (χ1v) is 7.79. The van der Waals surface area contributed by atoms with Crippen molar-refractivity contribution in [2.45, 2.75) is 77.8 Å². The summed E-state index contributed by atoms with van der Waals surface area (Å²) < 4.78 is 24.1. The molecule has 0 saturated carbocycles. The highest BCUT2D eigenvalue weighted by molar-refractivity contribution is 6.65. The van der Waals surface area contributed by atoms with Crippen LogP contribution in [0.3, 0.4) is 0 Å². The number of hydrogen-bond acceptors (Lipinski definition) is 4. The van der Waals surface area contributed by atoms with Crippen molar-refractivity contribution in [3.63, 3.8) is 0 Å². The zero-order valence-electron chi connectivity index (χ0n) is 15.2. The summed E-state index contributed by atoms with van der Waals surface area (Å²) in [6.45, 7) is 24.3. The number of hydrogen-bond donors (Lipinski definition) is 0. The Morgan fingerprint density at radius 1 is 0.545 bits per heavy atom. The topological polar surface area (TPSA) is 36.9 Å². The Morgan fingerprint density at radius 2 is 0.727 bits per heavy atom. The Balaban J connectivity index is 2.11. The van der Waals surface area contributed by atoms with E-state index in [-0.39, 0.29) is 0 Å². The van der Waals surface area contributed by atoms with Crippen LogP contribution in [0.25, 0.3) is 0 Å². The summed E-state index contributed by atoms with van der Waals surface area (Å²) in [6, 6.07) is 0. The Morgan fingerprint density at radius 3 is 0.909 bits per heavy atom. The maximum Gasteiger partial charge on any atom is 0.493 e. The van der Waals surface area contributed by atoms with Gasteiger partial charge in [-0.3, -0.25) is 0 Å². The van der Waals surface area contributed by atoms with Crippen LogP contribution in [0.1, 0.15) is 55.4 Å². The van der Waals surface area contributed by atoms with Crippen molar-refractivity contribution >= 4 is 14.2 Å². The highest BCUT2D eigenvalue weighted by atomic mass is 16.7. The standard InChI is InChI=1S/C16H28B2O4/c1-11(17-19-13(3,4)14(5,6)20-17)12(2)18-21-15(7,8)16(9,10)22-18/h1-2H2,3-10H3. The Kier molecular flexibility index (Phi) is 4.02. The van der Waals surface area contributed by atoms with Crippen LogP contribution in [0.4, 0.5) is 0 Å². The third kappa shape index (κ3) is 2.71. The number of allylic oxidation sites excluding steroid dienone is 2. The van der Waals surface area contributed by atoms with Gasteiger partial charge in [-0.05, 0) is 66.3 Å². The minimum absolute atomic E-state index is 0.406. The van der Waals surface area contributed by atoms with Crippen molar-refractivity contribution in [3.05, 3.63) is 24.1 Å². The normalized spacial score (nSPS) is 28.0. The Hall–Kier alpha value is -0.550. The van der Waals surface area contributed by atoms with Crippen LogP contribution < -0.4 is 0 Å². The van der Waals surface area contributed by atoms with Crippen LogP contribution in [-0.2, 0) is 18.6 Å². The number of rotatable bonds is 3. The van der Waals surface area contributed by atoms with Crippen LogP contribution >= 0.6 is 0 Å². The fraction of sp³-hybridized carbons (Fsp3) is 0.750. The van der Waals surface area contributed by atoms with Crippen LogP contribution in [-0.4, -0.2) is 36.6 Å². The molecular formula is C16H28B2O4. The lowest BCUT2D eigenvalue weighted by Crippen LogP contribution is -2.41. The molecule has 0 radical (unpaired) electrons. The van der Waals surface area contributed by atoms with Gasteiger partial charge in [-0.1, -0.05) is 13.2 Å². The van der Waals surface area contributed by atoms with Crippen molar-refractivity contribution in [1.29, 1.82) is 0 Å². The molecule has 2 aliphatic rings. The fourth-order valence-corrected chi connectivity index (χ4v) is 2.27. The molecule has 122 valence electrons. The van der Waals surface area contributed by atoms with Crippen molar-refractivity contribution < 1.29 is 18.6 Å². The fourth-order valence-electron chi connectivity index (χ4n) is 2.27. The van der Waals surface area contributed by atoms with E-state index < -0.39 is 36.6 Å². The molecule has 22 heavy (non-hydrogen) atoms. The summed E-state index contributed by atoms with van der Waals surface area (Å²) in [5.41, 5.74) is -0.296. The highest BCUT2D eigenvalue weighted by Gasteiger charge is 2.56. The third-order valence-electron chi connectivity index (χ3n) is 5.49. The predicted octanol–water partition coefficient (Wildman–Crippen LogP) is 3.36. The maximum atomic E-state index is 6.02. The first kappa shape index (κ1) is 17.8. The molecule has 0 spiro atoms.